The quantitative estimate of drug-likeness (QED) is 0.164. The van der Waals surface area contributed by atoms with Crippen LogP contribution in [0.5, 0.6) is 0 Å². The monoisotopic (exact) mass is 721 g/mol. The summed E-state index contributed by atoms with van der Waals surface area (Å²) in [6, 6.07) is 63.0. The van der Waals surface area contributed by atoms with E-state index >= 15 is 0 Å². The maximum atomic E-state index is 5.21. The highest BCUT2D eigenvalue weighted by Gasteiger charge is 2.18. The molecule has 0 amide bonds. The number of fused-ring (bicyclic) bond motifs is 3. The molecular formula is C49H31N5S. The van der Waals surface area contributed by atoms with Crippen molar-refractivity contribution in [1.82, 2.24) is 24.9 Å². The van der Waals surface area contributed by atoms with E-state index in [9.17, 15) is 0 Å². The van der Waals surface area contributed by atoms with Crippen LogP contribution in [0.4, 0.5) is 0 Å². The largest absolute Gasteiger partial charge is 0.235 e. The Labute approximate surface area is 322 Å². The van der Waals surface area contributed by atoms with Crippen LogP contribution in [0.25, 0.3) is 99.1 Å². The zero-order valence-electron chi connectivity index (χ0n) is 29.5. The molecule has 7 aromatic carbocycles. The number of benzene rings is 7. The Morgan fingerprint density at radius 1 is 0.327 bits per heavy atom. The van der Waals surface area contributed by atoms with Crippen molar-refractivity contribution in [3.63, 3.8) is 0 Å². The second-order valence-corrected chi connectivity index (χ2v) is 14.4. The van der Waals surface area contributed by atoms with Crippen LogP contribution < -0.4 is 0 Å². The summed E-state index contributed by atoms with van der Waals surface area (Å²) in [7, 11) is 0. The summed E-state index contributed by atoms with van der Waals surface area (Å²) < 4.78 is 2.22. The van der Waals surface area contributed by atoms with Crippen molar-refractivity contribution in [3.8, 4) is 78.8 Å². The molecule has 10 rings (SSSR count). The Morgan fingerprint density at radius 3 is 1.45 bits per heavy atom. The molecule has 0 aliphatic carbocycles. The van der Waals surface area contributed by atoms with Crippen LogP contribution in [-0.4, -0.2) is 24.9 Å². The molecule has 55 heavy (non-hydrogen) atoms. The normalized spacial score (nSPS) is 11.3. The van der Waals surface area contributed by atoms with Crippen molar-refractivity contribution in [2.24, 2.45) is 0 Å². The molecule has 0 aliphatic heterocycles. The highest BCUT2D eigenvalue weighted by molar-refractivity contribution is 7.26. The Bertz CT molecular complexity index is 2980. The van der Waals surface area contributed by atoms with Gasteiger partial charge in [0.25, 0.3) is 0 Å². The lowest BCUT2D eigenvalue weighted by atomic mass is 9.95. The topological polar surface area (TPSA) is 64.5 Å². The van der Waals surface area contributed by atoms with Gasteiger partial charge in [-0.25, -0.2) is 24.9 Å². The highest BCUT2D eigenvalue weighted by Crippen LogP contribution is 2.40. The van der Waals surface area contributed by atoms with E-state index in [1.807, 2.05) is 42.5 Å². The first-order valence-electron chi connectivity index (χ1n) is 18.1. The zero-order valence-corrected chi connectivity index (χ0v) is 30.4. The van der Waals surface area contributed by atoms with Crippen molar-refractivity contribution in [2.75, 3.05) is 0 Å². The minimum absolute atomic E-state index is 0.581. The van der Waals surface area contributed by atoms with Crippen molar-refractivity contribution < 1.29 is 0 Å². The SMILES string of the molecule is c1ccc(-c2cccc(-c3cc(-c4nc(-c5ccccc5)nc(-c5cccc(-c6ccccc6)c5)n4)cc(-c4ncnc5c4sc4ccccc45)c3)c2)cc1. The summed E-state index contributed by atoms with van der Waals surface area (Å²) in [6.07, 6.45) is 1.67. The van der Waals surface area contributed by atoms with E-state index in [2.05, 4.69) is 140 Å². The molecule has 10 aromatic rings. The third-order valence-corrected chi connectivity index (χ3v) is 11.0. The van der Waals surface area contributed by atoms with Gasteiger partial charge >= 0.3 is 0 Å². The maximum Gasteiger partial charge on any atom is 0.164 e. The predicted molar refractivity (Wildman–Crippen MR) is 226 cm³/mol. The molecule has 258 valence electrons. The van der Waals surface area contributed by atoms with Crippen LogP contribution in [-0.2, 0) is 0 Å². The van der Waals surface area contributed by atoms with Crippen molar-refractivity contribution in [1.29, 1.82) is 0 Å². The molecule has 0 spiro atoms. The fourth-order valence-electron chi connectivity index (χ4n) is 7.12. The Balaban J connectivity index is 1.20. The zero-order chi connectivity index (χ0) is 36.6. The fraction of sp³-hybridized carbons (Fsp3) is 0. The summed E-state index contributed by atoms with van der Waals surface area (Å²) in [5.74, 6) is 1.80. The third-order valence-electron chi connectivity index (χ3n) is 9.82. The van der Waals surface area contributed by atoms with E-state index in [4.69, 9.17) is 24.9 Å². The van der Waals surface area contributed by atoms with Gasteiger partial charge in [-0.3, -0.25) is 0 Å². The molecule has 0 saturated carbocycles. The van der Waals surface area contributed by atoms with Crippen LogP contribution in [0.2, 0.25) is 0 Å². The number of rotatable bonds is 7. The molecule has 5 nitrogen and oxygen atoms in total. The average Bonchev–Trinajstić information content (AvgIpc) is 3.66. The molecule has 0 atom stereocenters. The molecule has 0 saturated heterocycles. The van der Waals surface area contributed by atoms with Gasteiger partial charge in [0, 0.05) is 32.3 Å². The van der Waals surface area contributed by atoms with Crippen molar-refractivity contribution in [3.05, 3.63) is 188 Å². The van der Waals surface area contributed by atoms with Gasteiger partial charge < -0.3 is 0 Å². The number of hydrogen-bond acceptors (Lipinski definition) is 6. The lowest BCUT2D eigenvalue weighted by Crippen LogP contribution is -2.01. The summed E-state index contributed by atoms with van der Waals surface area (Å²) in [6.45, 7) is 0. The minimum atomic E-state index is 0.581. The van der Waals surface area contributed by atoms with E-state index in [-0.39, 0.29) is 0 Å². The molecule has 0 aliphatic rings. The fourth-order valence-corrected chi connectivity index (χ4v) is 8.28. The van der Waals surface area contributed by atoms with Gasteiger partial charge in [-0.15, -0.1) is 11.3 Å². The number of hydrogen-bond donors (Lipinski definition) is 0. The van der Waals surface area contributed by atoms with Crippen molar-refractivity contribution >= 4 is 31.6 Å². The second kappa shape index (κ2) is 14.0. The van der Waals surface area contributed by atoms with Gasteiger partial charge in [0.1, 0.15) is 6.33 Å². The molecule has 6 heteroatoms. The molecule has 3 aromatic heterocycles. The number of thiophene rings is 1. The first kappa shape index (κ1) is 32.5. The lowest BCUT2D eigenvalue weighted by Gasteiger charge is -2.13. The summed E-state index contributed by atoms with van der Waals surface area (Å²) in [5.41, 5.74) is 12.1. The molecule has 0 fully saturated rings. The second-order valence-electron chi connectivity index (χ2n) is 13.4. The Morgan fingerprint density at radius 2 is 0.782 bits per heavy atom. The van der Waals surface area contributed by atoms with Crippen LogP contribution >= 0.6 is 11.3 Å². The molecule has 0 N–H and O–H groups in total. The van der Waals surface area contributed by atoms with Gasteiger partial charge in [0.05, 0.1) is 15.9 Å². The van der Waals surface area contributed by atoms with E-state index in [0.29, 0.717) is 17.5 Å². The third kappa shape index (κ3) is 6.35. The van der Waals surface area contributed by atoms with Crippen LogP contribution in [0.3, 0.4) is 0 Å². The summed E-state index contributed by atoms with van der Waals surface area (Å²) >= 11 is 1.72. The molecule has 0 unspecified atom stereocenters. The smallest absolute Gasteiger partial charge is 0.164 e. The maximum absolute atomic E-state index is 5.21. The van der Waals surface area contributed by atoms with Crippen LogP contribution in [0.1, 0.15) is 0 Å². The van der Waals surface area contributed by atoms with Gasteiger partial charge in [-0.2, -0.15) is 0 Å². The first-order chi connectivity index (χ1) is 27.2. The van der Waals surface area contributed by atoms with E-state index in [1.165, 1.54) is 4.70 Å². The molecular weight excluding hydrogens is 691 g/mol. The number of aromatic nitrogens is 5. The van der Waals surface area contributed by atoms with Gasteiger partial charge in [0.2, 0.25) is 0 Å². The van der Waals surface area contributed by atoms with Gasteiger partial charge in [0.15, 0.2) is 17.5 Å². The van der Waals surface area contributed by atoms with Gasteiger partial charge in [-0.05, 0) is 69.8 Å². The first-order valence-corrected chi connectivity index (χ1v) is 19.0. The number of nitrogens with zero attached hydrogens (tertiary/aromatic N) is 5. The van der Waals surface area contributed by atoms with E-state index < -0.39 is 0 Å². The molecule has 0 radical (unpaired) electrons. The van der Waals surface area contributed by atoms with Crippen LogP contribution in [0, 0.1) is 0 Å². The molecule has 3 heterocycles. The predicted octanol–water partition coefficient (Wildman–Crippen LogP) is 12.7. The average molecular weight is 722 g/mol. The summed E-state index contributed by atoms with van der Waals surface area (Å²) in [4.78, 5) is 25.1. The van der Waals surface area contributed by atoms with Crippen molar-refractivity contribution in [2.45, 2.75) is 0 Å². The van der Waals surface area contributed by atoms with E-state index in [0.717, 1.165) is 76.9 Å². The van der Waals surface area contributed by atoms with E-state index in [1.54, 1.807) is 17.7 Å². The summed E-state index contributed by atoms with van der Waals surface area (Å²) in [5, 5.41) is 1.13. The Kier molecular flexibility index (Phi) is 8.28. The molecule has 0 bridgehead atoms. The van der Waals surface area contributed by atoms with Gasteiger partial charge in [-0.1, -0.05) is 146 Å². The standard InChI is InChI=1S/C49H31N5S/c1-4-14-32(15-5-1)35-20-12-22-37(26-35)39-28-40(44-46-45(51-31-50-44)42-24-10-11-25-43(42)55-46)30-41(29-39)49-53-47(34-18-8-3-9-19-34)52-48(54-49)38-23-13-21-36(27-38)33-16-6-2-7-17-33/h1-31H. The Hall–Kier alpha value is -7.15. The highest BCUT2D eigenvalue weighted by atomic mass is 32.1. The minimum Gasteiger partial charge on any atom is -0.235 e. The van der Waals surface area contributed by atoms with Crippen LogP contribution in [0.15, 0.2) is 188 Å². The lowest BCUT2D eigenvalue weighted by molar-refractivity contribution is 1.07.